The first-order valence-electron chi connectivity index (χ1n) is 4.89. The van der Waals surface area contributed by atoms with Crippen LogP contribution in [0.4, 0.5) is 0 Å². The Morgan fingerprint density at radius 2 is 1.82 bits per heavy atom. The molecule has 88 valence electrons. The van der Waals surface area contributed by atoms with Gasteiger partial charge in [-0.25, -0.2) is 9.00 Å². The molecule has 17 heavy (non-hydrogen) atoms. The van der Waals surface area contributed by atoms with Gasteiger partial charge >= 0.3 is 5.97 Å². The van der Waals surface area contributed by atoms with Crippen LogP contribution in [0.1, 0.15) is 15.2 Å². The first-order valence-corrected chi connectivity index (χ1v) is 6.86. The standard InChI is InChI=1S/C12H10O3S2/c1-8-2-4-9(5-3-8)17(15)11-7-6-10(16-11)12(13)14/h2-7H,1H3,(H,13,14). The summed E-state index contributed by atoms with van der Waals surface area (Å²) in [7, 11) is -1.30. The highest BCUT2D eigenvalue weighted by molar-refractivity contribution is 7.87. The number of carboxylic acids is 1. The molecule has 1 atom stereocenters. The Labute approximate surface area is 105 Å². The van der Waals surface area contributed by atoms with E-state index >= 15 is 0 Å². The molecule has 0 saturated heterocycles. The van der Waals surface area contributed by atoms with Gasteiger partial charge in [0.15, 0.2) is 0 Å². The van der Waals surface area contributed by atoms with Crippen LogP contribution in [0, 0.1) is 6.92 Å². The highest BCUT2D eigenvalue weighted by Gasteiger charge is 2.13. The largest absolute Gasteiger partial charge is 0.477 e. The Balaban J connectivity index is 2.30. The van der Waals surface area contributed by atoms with Crippen molar-refractivity contribution in [2.24, 2.45) is 0 Å². The Bertz CT molecular complexity index is 570. The molecule has 2 rings (SSSR count). The first kappa shape index (κ1) is 12.0. The maximum Gasteiger partial charge on any atom is 0.345 e. The van der Waals surface area contributed by atoms with E-state index in [0.29, 0.717) is 9.10 Å². The predicted octanol–water partition coefficient (Wildman–Crippen LogP) is 2.92. The van der Waals surface area contributed by atoms with Gasteiger partial charge < -0.3 is 5.11 Å². The summed E-state index contributed by atoms with van der Waals surface area (Å²) in [5.41, 5.74) is 1.10. The quantitative estimate of drug-likeness (QED) is 0.929. The van der Waals surface area contributed by atoms with Crippen molar-refractivity contribution in [2.75, 3.05) is 0 Å². The average Bonchev–Trinajstić information content (AvgIpc) is 2.78. The predicted molar refractivity (Wildman–Crippen MR) is 67.1 cm³/mol. The molecule has 1 aromatic heterocycles. The lowest BCUT2D eigenvalue weighted by Gasteiger charge is -1.99. The topological polar surface area (TPSA) is 54.4 Å². The first-order chi connectivity index (χ1) is 8.08. The second-order valence-electron chi connectivity index (χ2n) is 3.51. The summed E-state index contributed by atoms with van der Waals surface area (Å²) >= 11 is 1.05. The second kappa shape index (κ2) is 4.81. The molecule has 0 aliphatic rings. The van der Waals surface area contributed by atoms with Gasteiger partial charge in [-0.15, -0.1) is 11.3 Å². The summed E-state index contributed by atoms with van der Waals surface area (Å²) in [6.45, 7) is 1.96. The third kappa shape index (κ3) is 2.62. The Kier molecular flexibility index (Phi) is 3.40. The van der Waals surface area contributed by atoms with Gasteiger partial charge in [-0.05, 0) is 31.2 Å². The molecule has 2 aromatic rings. The zero-order chi connectivity index (χ0) is 12.4. The molecule has 0 aliphatic heterocycles. The van der Waals surface area contributed by atoms with E-state index in [-0.39, 0.29) is 4.88 Å². The van der Waals surface area contributed by atoms with Crippen molar-refractivity contribution in [3.8, 4) is 0 Å². The fraction of sp³-hybridized carbons (Fsp3) is 0.0833. The molecule has 0 spiro atoms. The normalized spacial score (nSPS) is 12.3. The SMILES string of the molecule is Cc1ccc(S(=O)c2ccc(C(=O)O)s2)cc1. The number of benzene rings is 1. The van der Waals surface area contributed by atoms with Gasteiger partial charge in [0.25, 0.3) is 0 Å². The number of carbonyl (C=O) groups is 1. The van der Waals surface area contributed by atoms with E-state index < -0.39 is 16.8 Å². The molecule has 1 N–H and O–H groups in total. The number of thiophene rings is 1. The fourth-order valence-corrected chi connectivity index (χ4v) is 3.56. The summed E-state index contributed by atoms with van der Waals surface area (Å²) in [5.74, 6) is -0.984. The molecule has 0 amide bonds. The van der Waals surface area contributed by atoms with Crippen molar-refractivity contribution in [2.45, 2.75) is 16.0 Å². The smallest absolute Gasteiger partial charge is 0.345 e. The van der Waals surface area contributed by atoms with Crippen LogP contribution in [0.2, 0.25) is 0 Å². The molecule has 1 unspecified atom stereocenters. The molecule has 5 heteroatoms. The van der Waals surface area contributed by atoms with Crippen LogP contribution >= 0.6 is 11.3 Å². The van der Waals surface area contributed by atoms with Crippen LogP contribution in [0.3, 0.4) is 0 Å². The van der Waals surface area contributed by atoms with Crippen LogP contribution < -0.4 is 0 Å². The van der Waals surface area contributed by atoms with E-state index in [2.05, 4.69) is 0 Å². The van der Waals surface area contributed by atoms with Gasteiger partial charge in [-0.2, -0.15) is 0 Å². The van der Waals surface area contributed by atoms with Crippen molar-refractivity contribution < 1.29 is 14.1 Å². The minimum Gasteiger partial charge on any atom is -0.477 e. The maximum absolute atomic E-state index is 12.1. The highest BCUT2D eigenvalue weighted by atomic mass is 32.2. The van der Waals surface area contributed by atoms with Crippen LogP contribution in [0.15, 0.2) is 45.5 Å². The van der Waals surface area contributed by atoms with E-state index in [4.69, 9.17) is 5.11 Å². The van der Waals surface area contributed by atoms with Gasteiger partial charge in [-0.1, -0.05) is 17.7 Å². The lowest BCUT2D eigenvalue weighted by Crippen LogP contribution is -1.91. The Morgan fingerprint density at radius 3 is 2.35 bits per heavy atom. The molecule has 1 heterocycles. The van der Waals surface area contributed by atoms with Crippen molar-refractivity contribution in [1.82, 2.24) is 0 Å². The van der Waals surface area contributed by atoms with Crippen molar-refractivity contribution in [3.63, 3.8) is 0 Å². The summed E-state index contributed by atoms with van der Waals surface area (Å²) in [6.07, 6.45) is 0. The molecule has 3 nitrogen and oxygen atoms in total. The summed E-state index contributed by atoms with van der Waals surface area (Å²) in [6, 6.07) is 10.5. The monoisotopic (exact) mass is 266 g/mol. The minimum atomic E-state index is -1.30. The fourth-order valence-electron chi connectivity index (χ4n) is 1.31. The minimum absolute atomic E-state index is 0.209. The van der Waals surface area contributed by atoms with E-state index in [1.807, 2.05) is 19.1 Å². The number of hydrogen-bond acceptors (Lipinski definition) is 3. The molecule has 0 aliphatic carbocycles. The number of hydrogen-bond donors (Lipinski definition) is 1. The number of carboxylic acid groups (broad SMARTS) is 1. The van der Waals surface area contributed by atoms with Crippen molar-refractivity contribution in [3.05, 3.63) is 46.8 Å². The lowest BCUT2D eigenvalue weighted by atomic mass is 10.2. The molecular weight excluding hydrogens is 256 g/mol. The summed E-state index contributed by atoms with van der Waals surface area (Å²) in [4.78, 5) is 11.6. The second-order valence-corrected chi connectivity index (χ2v) is 6.30. The van der Waals surface area contributed by atoms with Crippen LogP contribution in [0.25, 0.3) is 0 Å². The van der Waals surface area contributed by atoms with Crippen molar-refractivity contribution in [1.29, 1.82) is 0 Å². The molecule has 1 aromatic carbocycles. The average molecular weight is 266 g/mol. The third-order valence-corrected chi connectivity index (χ3v) is 4.98. The third-order valence-electron chi connectivity index (χ3n) is 2.21. The van der Waals surface area contributed by atoms with Crippen LogP contribution in [0.5, 0.6) is 0 Å². The summed E-state index contributed by atoms with van der Waals surface area (Å²) in [5, 5.41) is 8.80. The van der Waals surface area contributed by atoms with E-state index in [1.165, 1.54) is 6.07 Å². The summed E-state index contributed by atoms with van der Waals surface area (Å²) < 4.78 is 12.7. The van der Waals surface area contributed by atoms with Crippen LogP contribution in [-0.4, -0.2) is 15.3 Å². The van der Waals surface area contributed by atoms with Gasteiger partial charge in [0.05, 0.1) is 15.0 Å². The number of aromatic carboxylic acids is 1. The molecule has 0 bridgehead atoms. The Morgan fingerprint density at radius 1 is 1.18 bits per heavy atom. The highest BCUT2D eigenvalue weighted by Crippen LogP contribution is 2.24. The maximum atomic E-state index is 12.1. The molecular formula is C12H10O3S2. The van der Waals surface area contributed by atoms with Gasteiger partial charge in [0, 0.05) is 4.90 Å². The van der Waals surface area contributed by atoms with E-state index in [1.54, 1.807) is 18.2 Å². The Hall–Kier alpha value is -1.46. The van der Waals surface area contributed by atoms with Gasteiger partial charge in [0.1, 0.15) is 4.88 Å². The zero-order valence-electron chi connectivity index (χ0n) is 9.04. The number of aryl methyl sites for hydroxylation is 1. The molecule has 0 saturated carbocycles. The van der Waals surface area contributed by atoms with E-state index in [9.17, 15) is 9.00 Å². The van der Waals surface area contributed by atoms with Gasteiger partial charge in [0.2, 0.25) is 0 Å². The lowest BCUT2D eigenvalue weighted by molar-refractivity contribution is 0.0702. The number of rotatable bonds is 3. The zero-order valence-corrected chi connectivity index (χ0v) is 10.7. The van der Waals surface area contributed by atoms with E-state index in [0.717, 1.165) is 16.9 Å². The van der Waals surface area contributed by atoms with Crippen LogP contribution in [-0.2, 0) is 10.8 Å². The molecule has 0 fully saturated rings. The van der Waals surface area contributed by atoms with Crippen molar-refractivity contribution >= 4 is 28.1 Å². The molecule has 0 radical (unpaired) electrons. The van der Waals surface area contributed by atoms with Gasteiger partial charge in [-0.3, -0.25) is 0 Å².